The Labute approximate surface area is 107 Å². The molecule has 0 radical (unpaired) electrons. The maximum absolute atomic E-state index is 9.31. The molecule has 4 heteroatoms. The van der Waals surface area contributed by atoms with E-state index in [0.29, 0.717) is 17.1 Å². The van der Waals surface area contributed by atoms with Crippen LogP contribution in [0.5, 0.6) is 11.5 Å². The molecule has 94 valence electrons. The molecule has 4 nitrogen and oxygen atoms in total. The number of benzene rings is 1. The van der Waals surface area contributed by atoms with Crippen molar-refractivity contribution in [2.75, 3.05) is 20.8 Å². The minimum absolute atomic E-state index is 0.640. The molecule has 1 fully saturated rings. The lowest BCUT2D eigenvalue weighted by Gasteiger charge is -2.10. The molecular formula is C14H16N2O2. The molecule has 0 unspecified atom stereocenters. The van der Waals surface area contributed by atoms with Gasteiger partial charge >= 0.3 is 0 Å². The molecule has 1 N–H and O–H groups in total. The Balaban J connectivity index is 2.44. The van der Waals surface area contributed by atoms with Crippen LogP contribution < -0.4 is 14.8 Å². The number of methoxy groups -OCH3 is 2. The summed E-state index contributed by atoms with van der Waals surface area (Å²) < 4.78 is 10.4. The van der Waals surface area contributed by atoms with Crippen LogP contribution in [-0.2, 0) is 0 Å². The average molecular weight is 244 g/mol. The summed E-state index contributed by atoms with van der Waals surface area (Å²) in [5, 5.41) is 12.6. The minimum Gasteiger partial charge on any atom is -0.493 e. The Morgan fingerprint density at radius 3 is 2.61 bits per heavy atom. The Morgan fingerprint density at radius 1 is 1.28 bits per heavy atom. The molecule has 1 saturated heterocycles. The molecule has 2 rings (SSSR count). The van der Waals surface area contributed by atoms with Crippen LogP contribution in [0.3, 0.4) is 0 Å². The summed E-state index contributed by atoms with van der Waals surface area (Å²) in [4.78, 5) is 0. The first-order valence-corrected chi connectivity index (χ1v) is 5.89. The van der Waals surface area contributed by atoms with Crippen molar-refractivity contribution in [1.29, 1.82) is 5.26 Å². The summed E-state index contributed by atoms with van der Waals surface area (Å²) in [5.74, 6) is 1.31. The van der Waals surface area contributed by atoms with E-state index in [4.69, 9.17) is 9.47 Å². The minimum atomic E-state index is 0.640. The SMILES string of the molecule is COc1ccc(C(C#N)=C2CCCN2)cc1OC. The van der Waals surface area contributed by atoms with Crippen molar-refractivity contribution in [3.05, 3.63) is 29.5 Å². The molecule has 1 aliphatic rings. The number of allylic oxidation sites excluding steroid dienone is 2. The summed E-state index contributed by atoms with van der Waals surface area (Å²) in [6, 6.07) is 7.81. The van der Waals surface area contributed by atoms with Crippen LogP contribution in [0.2, 0.25) is 0 Å². The van der Waals surface area contributed by atoms with Gasteiger partial charge in [-0.2, -0.15) is 5.26 Å². The van der Waals surface area contributed by atoms with Gasteiger partial charge < -0.3 is 14.8 Å². The zero-order valence-corrected chi connectivity index (χ0v) is 10.6. The fraction of sp³-hybridized carbons (Fsp3) is 0.357. The topological polar surface area (TPSA) is 54.3 Å². The zero-order chi connectivity index (χ0) is 13.0. The highest BCUT2D eigenvalue weighted by atomic mass is 16.5. The molecule has 0 atom stereocenters. The monoisotopic (exact) mass is 244 g/mol. The standard InChI is InChI=1S/C14H16N2O2/c1-17-13-6-5-10(8-14(13)18-2)11(9-15)12-4-3-7-16-12/h5-6,8,16H,3-4,7H2,1-2H3. The number of nitrogens with one attached hydrogen (secondary N) is 1. The molecule has 0 spiro atoms. The van der Waals surface area contributed by atoms with Gasteiger partial charge in [-0.25, -0.2) is 0 Å². The van der Waals surface area contributed by atoms with Gasteiger partial charge in [-0.3, -0.25) is 0 Å². The van der Waals surface area contributed by atoms with Crippen LogP contribution in [0.4, 0.5) is 0 Å². The molecular weight excluding hydrogens is 228 g/mol. The Morgan fingerprint density at radius 2 is 2.06 bits per heavy atom. The van der Waals surface area contributed by atoms with E-state index in [0.717, 1.165) is 30.6 Å². The van der Waals surface area contributed by atoms with Crippen LogP contribution in [-0.4, -0.2) is 20.8 Å². The second-order valence-electron chi connectivity index (χ2n) is 4.07. The zero-order valence-electron chi connectivity index (χ0n) is 10.6. The number of hydrogen-bond acceptors (Lipinski definition) is 4. The van der Waals surface area contributed by atoms with Gasteiger partial charge in [0.1, 0.15) is 6.07 Å². The van der Waals surface area contributed by atoms with Crippen molar-refractivity contribution in [2.24, 2.45) is 0 Å². The van der Waals surface area contributed by atoms with Gasteiger partial charge in [0.25, 0.3) is 0 Å². The maximum atomic E-state index is 9.31. The predicted octanol–water partition coefficient (Wildman–Crippen LogP) is 2.32. The number of ether oxygens (including phenoxy) is 2. The summed E-state index contributed by atoms with van der Waals surface area (Å²) in [6.07, 6.45) is 2.01. The quantitative estimate of drug-likeness (QED) is 0.829. The lowest BCUT2D eigenvalue weighted by atomic mass is 10.0. The van der Waals surface area contributed by atoms with Crippen molar-refractivity contribution < 1.29 is 9.47 Å². The van der Waals surface area contributed by atoms with Gasteiger partial charge in [-0.05, 0) is 36.6 Å². The van der Waals surface area contributed by atoms with E-state index in [-0.39, 0.29) is 0 Å². The smallest absolute Gasteiger partial charge is 0.161 e. The fourth-order valence-electron chi connectivity index (χ4n) is 2.10. The molecule has 1 aromatic rings. The van der Waals surface area contributed by atoms with Gasteiger partial charge in [0, 0.05) is 12.2 Å². The third-order valence-electron chi connectivity index (χ3n) is 3.03. The number of nitriles is 1. The van der Waals surface area contributed by atoms with Gasteiger partial charge in [-0.15, -0.1) is 0 Å². The molecule has 1 aliphatic heterocycles. The molecule has 18 heavy (non-hydrogen) atoms. The fourth-order valence-corrected chi connectivity index (χ4v) is 2.10. The second kappa shape index (κ2) is 5.46. The number of hydrogen-bond donors (Lipinski definition) is 1. The Hall–Kier alpha value is -2.15. The molecule has 0 saturated carbocycles. The number of rotatable bonds is 3. The Bertz CT molecular complexity index is 507. The Kier molecular flexibility index (Phi) is 3.73. The lowest BCUT2D eigenvalue weighted by Crippen LogP contribution is -2.06. The highest BCUT2D eigenvalue weighted by molar-refractivity contribution is 5.80. The van der Waals surface area contributed by atoms with Crippen molar-refractivity contribution in [2.45, 2.75) is 12.8 Å². The lowest BCUT2D eigenvalue weighted by molar-refractivity contribution is 0.355. The number of nitrogens with zero attached hydrogens (tertiary/aromatic N) is 1. The molecule has 1 heterocycles. The van der Waals surface area contributed by atoms with E-state index < -0.39 is 0 Å². The van der Waals surface area contributed by atoms with Gasteiger partial charge in [0.05, 0.1) is 19.8 Å². The van der Waals surface area contributed by atoms with Crippen LogP contribution in [0.15, 0.2) is 23.9 Å². The van der Waals surface area contributed by atoms with E-state index in [9.17, 15) is 5.26 Å². The van der Waals surface area contributed by atoms with Crippen LogP contribution in [0, 0.1) is 11.3 Å². The second-order valence-corrected chi connectivity index (χ2v) is 4.07. The van der Waals surface area contributed by atoms with Crippen molar-refractivity contribution in [3.63, 3.8) is 0 Å². The summed E-state index contributed by atoms with van der Waals surface area (Å²) in [5.41, 5.74) is 2.57. The first kappa shape index (κ1) is 12.3. The largest absolute Gasteiger partial charge is 0.493 e. The van der Waals surface area contributed by atoms with Gasteiger partial charge in [0.2, 0.25) is 0 Å². The van der Waals surface area contributed by atoms with Crippen LogP contribution in [0.25, 0.3) is 5.57 Å². The van der Waals surface area contributed by atoms with E-state index in [1.54, 1.807) is 14.2 Å². The van der Waals surface area contributed by atoms with Crippen molar-refractivity contribution in [3.8, 4) is 17.6 Å². The van der Waals surface area contributed by atoms with Gasteiger partial charge in [0.15, 0.2) is 11.5 Å². The van der Waals surface area contributed by atoms with E-state index in [1.165, 1.54) is 0 Å². The van der Waals surface area contributed by atoms with E-state index >= 15 is 0 Å². The molecule has 0 aliphatic carbocycles. The molecule has 0 bridgehead atoms. The third kappa shape index (κ3) is 2.25. The normalized spacial score (nSPS) is 16.7. The molecule has 0 aromatic heterocycles. The van der Waals surface area contributed by atoms with E-state index in [1.807, 2.05) is 18.2 Å². The maximum Gasteiger partial charge on any atom is 0.161 e. The third-order valence-corrected chi connectivity index (χ3v) is 3.03. The highest BCUT2D eigenvalue weighted by Gasteiger charge is 2.15. The van der Waals surface area contributed by atoms with Crippen LogP contribution in [0.1, 0.15) is 18.4 Å². The summed E-state index contributed by atoms with van der Waals surface area (Å²) >= 11 is 0. The van der Waals surface area contributed by atoms with Crippen LogP contribution >= 0.6 is 0 Å². The van der Waals surface area contributed by atoms with Gasteiger partial charge in [-0.1, -0.05) is 0 Å². The van der Waals surface area contributed by atoms with Crippen molar-refractivity contribution in [1.82, 2.24) is 5.32 Å². The first-order chi connectivity index (χ1) is 8.80. The summed E-state index contributed by atoms with van der Waals surface area (Å²) in [7, 11) is 3.19. The van der Waals surface area contributed by atoms with Crippen molar-refractivity contribution >= 4 is 5.57 Å². The average Bonchev–Trinajstić information content (AvgIpc) is 2.93. The predicted molar refractivity (Wildman–Crippen MR) is 69.3 cm³/mol. The highest BCUT2D eigenvalue weighted by Crippen LogP contribution is 2.32. The molecule has 1 aromatic carbocycles. The summed E-state index contributed by atoms with van der Waals surface area (Å²) in [6.45, 7) is 0.938. The molecule has 0 amide bonds. The first-order valence-electron chi connectivity index (χ1n) is 5.89. The van der Waals surface area contributed by atoms with E-state index in [2.05, 4.69) is 11.4 Å².